The molecule has 1 saturated carbocycles. The highest BCUT2D eigenvalue weighted by Gasteiger charge is 2.28. The lowest BCUT2D eigenvalue weighted by atomic mass is 10.2. The van der Waals surface area contributed by atoms with E-state index in [0.29, 0.717) is 18.4 Å². The van der Waals surface area contributed by atoms with Gasteiger partial charge in [-0.3, -0.25) is 4.99 Å². The lowest BCUT2D eigenvalue weighted by molar-refractivity contribution is 0.600. The number of hydrogen-bond acceptors (Lipinski definition) is 3. The van der Waals surface area contributed by atoms with Gasteiger partial charge in [0.05, 0.1) is 17.5 Å². The zero-order valence-electron chi connectivity index (χ0n) is 9.35. The maximum atomic E-state index is 11.2. The van der Waals surface area contributed by atoms with Crippen LogP contribution < -0.4 is 11.1 Å². The van der Waals surface area contributed by atoms with Gasteiger partial charge in [-0.15, -0.1) is 0 Å². The fourth-order valence-electron chi connectivity index (χ4n) is 2.39. The number of nitrogens with zero attached hydrogens (tertiary/aromatic N) is 1. The molecule has 1 aliphatic carbocycles. The van der Waals surface area contributed by atoms with Crippen LogP contribution in [0.25, 0.3) is 0 Å². The van der Waals surface area contributed by atoms with Gasteiger partial charge >= 0.3 is 0 Å². The smallest absolute Gasteiger partial charge is 0.189 e. The fraction of sp³-hybridized carbons (Fsp3) is 0.900. The SMILES string of the molecule is NC(=NC1CCCC1)NC1CCS(=O)(=O)C1. The average molecular weight is 245 g/mol. The summed E-state index contributed by atoms with van der Waals surface area (Å²) in [6.07, 6.45) is 5.29. The second kappa shape index (κ2) is 4.61. The van der Waals surface area contributed by atoms with Crippen molar-refractivity contribution in [2.45, 2.75) is 44.2 Å². The van der Waals surface area contributed by atoms with Crippen molar-refractivity contribution in [1.29, 1.82) is 0 Å². The molecular formula is C10H19N3O2S. The van der Waals surface area contributed by atoms with Crippen LogP contribution >= 0.6 is 0 Å². The molecule has 0 spiro atoms. The number of nitrogens with one attached hydrogen (secondary N) is 1. The summed E-state index contributed by atoms with van der Waals surface area (Å²) in [7, 11) is -2.84. The van der Waals surface area contributed by atoms with Crippen LogP contribution in [0.1, 0.15) is 32.1 Å². The predicted molar refractivity (Wildman–Crippen MR) is 64.1 cm³/mol. The molecule has 6 heteroatoms. The van der Waals surface area contributed by atoms with E-state index in [9.17, 15) is 8.42 Å². The highest BCUT2D eigenvalue weighted by atomic mass is 32.2. The fourth-order valence-corrected chi connectivity index (χ4v) is 4.06. The van der Waals surface area contributed by atoms with Crippen molar-refractivity contribution in [3.63, 3.8) is 0 Å². The van der Waals surface area contributed by atoms with Crippen LogP contribution in [0.2, 0.25) is 0 Å². The van der Waals surface area contributed by atoms with Gasteiger partial charge in [0.25, 0.3) is 0 Å². The van der Waals surface area contributed by atoms with Crippen molar-refractivity contribution in [1.82, 2.24) is 5.32 Å². The van der Waals surface area contributed by atoms with Crippen LogP contribution in [-0.4, -0.2) is 38.0 Å². The highest BCUT2D eigenvalue weighted by Crippen LogP contribution is 2.20. The van der Waals surface area contributed by atoms with Gasteiger partial charge in [-0.25, -0.2) is 8.42 Å². The summed E-state index contributed by atoms with van der Waals surface area (Å²) >= 11 is 0. The van der Waals surface area contributed by atoms with Gasteiger partial charge in [-0.05, 0) is 19.3 Å². The van der Waals surface area contributed by atoms with Crippen molar-refractivity contribution in [3.8, 4) is 0 Å². The van der Waals surface area contributed by atoms with Crippen molar-refractivity contribution in [3.05, 3.63) is 0 Å². The minimum absolute atomic E-state index is 0.0462. The Morgan fingerprint density at radius 2 is 1.94 bits per heavy atom. The average Bonchev–Trinajstić information content (AvgIpc) is 2.76. The van der Waals surface area contributed by atoms with Crippen LogP contribution in [0.15, 0.2) is 4.99 Å². The van der Waals surface area contributed by atoms with Crippen LogP contribution in [0.5, 0.6) is 0 Å². The van der Waals surface area contributed by atoms with E-state index in [1.807, 2.05) is 0 Å². The maximum absolute atomic E-state index is 11.2. The third-order valence-electron chi connectivity index (χ3n) is 3.23. The summed E-state index contributed by atoms with van der Waals surface area (Å²) < 4.78 is 22.5. The van der Waals surface area contributed by atoms with E-state index in [-0.39, 0.29) is 17.5 Å². The van der Waals surface area contributed by atoms with E-state index in [4.69, 9.17) is 5.73 Å². The summed E-state index contributed by atoms with van der Waals surface area (Å²) in [5.41, 5.74) is 5.77. The Morgan fingerprint density at radius 1 is 1.25 bits per heavy atom. The van der Waals surface area contributed by atoms with Crippen LogP contribution in [-0.2, 0) is 9.84 Å². The molecule has 1 heterocycles. The van der Waals surface area contributed by atoms with Crippen molar-refractivity contribution in [2.75, 3.05) is 11.5 Å². The molecule has 0 amide bonds. The molecule has 1 unspecified atom stereocenters. The Bertz CT molecular complexity index is 372. The molecule has 0 aromatic heterocycles. The van der Waals surface area contributed by atoms with Crippen LogP contribution in [0, 0.1) is 0 Å². The molecule has 2 aliphatic rings. The highest BCUT2D eigenvalue weighted by molar-refractivity contribution is 7.91. The molecule has 0 radical (unpaired) electrons. The first-order valence-electron chi connectivity index (χ1n) is 5.85. The van der Waals surface area contributed by atoms with E-state index in [2.05, 4.69) is 10.3 Å². The molecule has 0 aromatic carbocycles. The van der Waals surface area contributed by atoms with E-state index >= 15 is 0 Å². The van der Waals surface area contributed by atoms with Crippen molar-refractivity contribution < 1.29 is 8.42 Å². The number of guanidine groups is 1. The first kappa shape index (κ1) is 11.7. The normalized spacial score (nSPS) is 30.8. The van der Waals surface area contributed by atoms with Crippen LogP contribution in [0.4, 0.5) is 0 Å². The first-order chi connectivity index (χ1) is 7.55. The van der Waals surface area contributed by atoms with Gasteiger partial charge in [0, 0.05) is 6.04 Å². The Hall–Kier alpha value is -0.780. The third kappa shape index (κ3) is 3.10. The van der Waals surface area contributed by atoms with Gasteiger partial charge in [-0.2, -0.15) is 0 Å². The van der Waals surface area contributed by atoms with E-state index < -0.39 is 9.84 Å². The molecule has 16 heavy (non-hydrogen) atoms. The quantitative estimate of drug-likeness (QED) is 0.530. The molecule has 2 rings (SSSR count). The summed E-state index contributed by atoms with van der Waals surface area (Å²) in [5.74, 6) is 0.865. The molecule has 5 nitrogen and oxygen atoms in total. The molecule has 0 bridgehead atoms. The minimum atomic E-state index is -2.84. The Morgan fingerprint density at radius 3 is 2.50 bits per heavy atom. The predicted octanol–water partition coefficient (Wildman–Crippen LogP) is 0.0204. The van der Waals surface area contributed by atoms with E-state index in [1.54, 1.807) is 0 Å². The lowest BCUT2D eigenvalue weighted by Crippen LogP contribution is -2.41. The summed E-state index contributed by atoms with van der Waals surface area (Å²) in [6, 6.07) is 0.292. The van der Waals surface area contributed by atoms with Gasteiger partial charge in [0.15, 0.2) is 15.8 Å². The molecule has 1 saturated heterocycles. The molecule has 1 atom stereocenters. The van der Waals surface area contributed by atoms with E-state index in [1.165, 1.54) is 12.8 Å². The summed E-state index contributed by atoms with van der Waals surface area (Å²) in [6.45, 7) is 0. The van der Waals surface area contributed by atoms with Crippen LogP contribution in [0.3, 0.4) is 0 Å². The third-order valence-corrected chi connectivity index (χ3v) is 5.00. The molecule has 3 N–H and O–H groups in total. The number of hydrogen-bond donors (Lipinski definition) is 2. The number of sulfone groups is 1. The Kier molecular flexibility index (Phi) is 3.37. The van der Waals surface area contributed by atoms with Crippen molar-refractivity contribution in [2.24, 2.45) is 10.7 Å². The summed E-state index contributed by atoms with van der Waals surface area (Å²) in [4.78, 5) is 4.38. The molecule has 1 aliphatic heterocycles. The lowest BCUT2D eigenvalue weighted by Gasteiger charge is -2.12. The molecule has 92 valence electrons. The number of aliphatic imine (C=N–C) groups is 1. The Balaban J connectivity index is 1.85. The first-order valence-corrected chi connectivity index (χ1v) is 7.67. The molecule has 2 fully saturated rings. The monoisotopic (exact) mass is 245 g/mol. The van der Waals surface area contributed by atoms with Gasteiger partial charge in [0.1, 0.15) is 0 Å². The number of nitrogens with two attached hydrogens (primary N) is 1. The second-order valence-electron chi connectivity index (χ2n) is 4.70. The van der Waals surface area contributed by atoms with Gasteiger partial charge in [-0.1, -0.05) is 12.8 Å². The van der Waals surface area contributed by atoms with Crippen molar-refractivity contribution >= 4 is 15.8 Å². The number of rotatable bonds is 2. The maximum Gasteiger partial charge on any atom is 0.189 e. The zero-order chi connectivity index (χ0) is 11.6. The van der Waals surface area contributed by atoms with Gasteiger partial charge < -0.3 is 11.1 Å². The molecule has 0 aromatic rings. The zero-order valence-corrected chi connectivity index (χ0v) is 10.2. The Labute approximate surface area is 96.4 Å². The standard InChI is InChI=1S/C10H19N3O2S/c11-10(12-8-3-1-2-4-8)13-9-5-6-16(14,15)7-9/h8-9H,1-7H2,(H3,11,12,13). The summed E-state index contributed by atoms with van der Waals surface area (Å²) in [5, 5.41) is 3.01. The topological polar surface area (TPSA) is 84.5 Å². The molecular weight excluding hydrogens is 226 g/mol. The van der Waals surface area contributed by atoms with Gasteiger partial charge in [0.2, 0.25) is 0 Å². The van der Waals surface area contributed by atoms with E-state index in [0.717, 1.165) is 12.8 Å². The largest absolute Gasteiger partial charge is 0.370 e. The second-order valence-corrected chi connectivity index (χ2v) is 6.93. The minimum Gasteiger partial charge on any atom is -0.370 e.